The molecule has 0 spiro atoms. The van der Waals surface area contributed by atoms with Gasteiger partial charge in [-0.1, -0.05) is 0 Å². The number of hydrogen-bond acceptors (Lipinski definition) is 3. The molecule has 78 valence electrons. The third-order valence-corrected chi connectivity index (χ3v) is 2.67. The van der Waals surface area contributed by atoms with Crippen LogP contribution in [-0.4, -0.2) is 25.0 Å². The van der Waals surface area contributed by atoms with Gasteiger partial charge in [0.2, 0.25) is 0 Å². The first kappa shape index (κ1) is 9.74. The summed E-state index contributed by atoms with van der Waals surface area (Å²) in [5.41, 5.74) is 1.24. The first-order valence-corrected chi connectivity index (χ1v) is 5.32. The molecule has 0 unspecified atom stereocenters. The normalized spacial score (nSPS) is 17.8. The summed E-state index contributed by atoms with van der Waals surface area (Å²) in [4.78, 5) is 2.45. The summed E-state index contributed by atoms with van der Waals surface area (Å²) in [7, 11) is 1.95. The maximum atomic E-state index is 5.50. The van der Waals surface area contributed by atoms with Gasteiger partial charge < -0.3 is 9.73 Å². The van der Waals surface area contributed by atoms with Crippen molar-refractivity contribution in [2.75, 3.05) is 20.1 Å². The smallest absolute Gasteiger partial charge is 0.118 e. The Labute approximate surface area is 85.1 Å². The van der Waals surface area contributed by atoms with Gasteiger partial charge in [0.05, 0.1) is 12.8 Å². The molecule has 2 rings (SSSR count). The second kappa shape index (κ2) is 4.62. The van der Waals surface area contributed by atoms with Gasteiger partial charge in [-0.25, -0.2) is 0 Å². The quantitative estimate of drug-likeness (QED) is 0.789. The van der Waals surface area contributed by atoms with Gasteiger partial charge >= 0.3 is 0 Å². The van der Waals surface area contributed by atoms with Gasteiger partial charge in [-0.05, 0) is 39.0 Å². The Morgan fingerprint density at radius 2 is 2.21 bits per heavy atom. The zero-order valence-electron chi connectivity index (χ0n) is 8.75. The van der Waals surface area contributed by atoms with Crippen molar-refractivity contribution in [2.24, 2.45) is 0 Å². The number of hydrogen-bond donors (Lipinski definition) is 1. The van der Waals surface area contributed by atoms with Crippen LogP contribution in [0.3, 0.4) is 0 Å². The van der Waals surface area contributed by atoms with Crippen LogP contribution in [0.2, 0.25) is 0 Å². The lowest BCUT2D eigenvalue weighted by Gasteiger charge is -2.11. The summed E-state index contributed by atoms with van der Waals surface area (Å²) in [6.45, 7) is 4.32. The molecule has 1 fully saturated rings. The fourth-order valence-corrected chi connectivity index (χ4v) is 1.97. The molecule has 0 bridgehead atoms. The first-order chi connectivity index (χ1) is 6.88. The van der Waals surface area contributed by atoms with Gasteiger partial charge in [-0.2, -0.15) is 0 Å². The minimum atomic E-state index is 0.892. The molecule has 0 saturated carbocycles. The molecule has 0 aliphatic carbocycles. The minimum Gasteiger partial charge on any atom is -0.468 e. The van der Waals surface area contributed by atoms with Crippen molar-refractivity contribution in [3.63, 3.8) is 0 Å². The Hall–Kier alpha value is -0.800. The fraction of sp³-hybridized carbons (Fsp3) is 0.636. The summed E-state index contributed by atoms with van der Waals surface area (Å²) in [5.74, 6) is 1.09. The van der Waals surface area contributed by atoms with Crippen molar-refractivity contribution in [1.29, 1.82) is 0 Å². The number of furan rings is 1. The van der Waals surface area contributed by atoms with Gasteiger partial charge in [0.25, 0.3) is 0 Å². The highest BCUT2D eigenvalue weighted by molar-refractivity contribution is 5.12. The van der Waals surface area contributed by atoms with Crippen molar-refractivity contribution in [3.05, 3.63) is 23.7 Å². The summed E-state index contributed by atoms with van der Waals surface area (Å²) in [5, 5.41) is 3.12. The molecule has 14 heavy (non-hydrogen) atoms. The molecule has 1 aromatic heterocycles. The maximum Gasteiger partial charge on any atom is 0.118 e. The molecule has 0 aromatic carbocycles. The van der Waals surface area contributed by atoms with E-state index in [1.807, 2.05) is 13.3 Å². The zero-order valence-corrected chi connectivity index (χ0v) is 8.75. The van der Waals surface area contributed by atoms with E-state index in [1.54, 1.807) is 0 Å². The van der Waals surface area contributed by atoms with Crippen LogP contribution in [0.25, 0.3) is 0 Å². The maximum absolute atomic E-state index is 5.50. The van der Waals surface area contributed by atoms with Crippen LogP contribution < -0.4 is 5.32 Å². The van der Waals surface area contributed by atoms with Crippen LogP contribution in [0.5, 0.6) is 0 Å². The zero-order chi connectivity index (χ0) is 9.80. The Morgan fingerprint density at radius 3 is 2.93 bits per heavy atom. The van der Waals surface area contributed by atoms with Gasteiger partial charge in [-0.3, -0.25) is 4.90 Å². The number of rotatable bonds is 4. The van der Waals surface area contributed by atoms with Crippen LogP contribution in [0.4, 0.5) is 0 Å². The van der Waals surface area contributed by atoms with Crippen LogP contribution in [0.15, 0.2) is 16.7 Å². The number of likely N-dealkylation sites (tertiary alicyclic amines) is 1. The van der Waals surface area contributed by atoms with Crippen molar-refractivity contribution in [1.82, 2.24) is 10.2 Å². The Bertz CT molecular complexity index is 277. The predicted octanol–water partition coefficient (Wildman–Crippen LogP) is 1.59. The average Bonchev–Trinajstić information content (AvgIpc) is 2.79. The van der Waals surface area contributed by atoms with Crippen LogP contribution in [-0.2, 0) is 13.1 Å². The fourth-order valence-electron chi connectivity index (χ4n) is 1.97. The highest BCUT2D eigenvalue weighted by atomic mass is 16.3. The summed E-state index contributed by atoms with van der Waals surface area (Å²) >= 11 is 0. The highest BCUT2D eigenvalue weighted by Gasteiger charge is 2.13. The Kier molecular flexibility index (Phi) is 3.22. The van der Waals surface area contributed by atoms with Crippen molar-refractivity contribution < 1.29 is 4.42 Å². The Morgan fingerprint density at radius 1 is 1.43 bits per heavy atom. The minimum absolute atomic E-state index is 0.892. The number of nitrogens with zero attached hydrogens (tertiary/aromatic N) is 1. The molecular weight excluding hydrogens is 176 g/mol. The third-order valence-electron chi connectivity index (χ3n) is 2.67. The van der Waals surface area contributed by atoms with E-state index >= 15 is 0 Å². The average molecular weight is 194 g/mol. The van der Waals surface area contributed by atoms with E-state index in [-0.39, 0.29) is 0 Å². The molecule has 1 saturated heterocycles. The van der Waals surface area contributed by atoms with Gasteiger partial charge in [0.15, 0.2) is 0 Å². The highest BCUT2D eigenvalue weighted by Crippen LogP contribution is 2.14. The topological polar surface area (TPSA) is 28.4 Å². The van der Waals surface area contributed by atoms with Crippen molar-refractivity contribution in [2.45, 2.75) is 25.9 Å². The molecule has 0 atom stereocenters. The predicted molar refractivity (Wildman–Crippen MR) is 56.0 cm³/mol. The van der Waals surface area contributed by atoms with E-state index in [1.165, 1.54) is 31.5 Å². The molecule has 3 nitrogen and oxygen atoms in total. The Balaban J connectivity index is 1.88. The van der Waals surface area contributed by atoms with E-state index in [4.69, 9.17) is 4.42 Å². The van der Waals surface area contributed by atoms with Crippen molar-refractivity contribution >= 4 is 0 Å². The van der Waals surface area contributed by atoms with E-state index in [0.29, 0.717) is 0 Å². The first-order valence-electron chi connectivity index (χ1n) is 5.32. The van der Waals surface area contributed by atoms with Crippen molar-refractivity contribution in [3.8, 4) is 0 Å². The van der Waals surface area contributed by atoms with E-state index in [9.17, 15) is 0 Å². The molecule has 1 aliphatic heterocycles. The lowest BCUT2D eigenvalue weighted by molar-refractivity contribution is 0.297. The molecule has 1 aliphatic rings. The summed E-state index contributed by atoms with van der Waals surface area (Å²) in [6.07, 6.45) is 4.52. The van der Waals surface area contributed by atoms with Gasteiger partial charge in [-0.15, -0.1) is 0 Å². The summed E-state index contributed by atoms with van der Waals surface area (Å²) < 4.78 is 5.50. The lowest BCUT2D eigenvalue weighted by atomic mass is 10.3. The third kappa shape index (κ3) is 2.36. The molecule has 1 aromatic rings. The summed E-state index contributed by atoms with van der Waals surface area (Å²) in [6, 6.07) is 2.15. The van der Waals surface area contributed by atoms with E-state index in [0.717, 1.165) is 18.8 Å². The molecule has 2 heterocycles. The van der Waals surface area contributed by atoms with Gasteiger partial charge in [0, 0.05) is 12.1 Å². The molecule has 0 radical (unpaired) electrons. The number of nitrogens with one attached hydrogen (secondary N) is 1. The van der Waals surface area contributed by atoms with Gasteiger partial charge in [0.1, 0.15) is 5.76 Å². The SMILES string of the molecule is CNCc1coc(CN2CCCC2)c1. The largest absolute Gasteiger partial charge is 0.468 e. The van der Waals surface area contributed by atoms with Crippen LogP contribution >= 0.6 is 0 Å². The molecular formula is C11H18N2O. The standard InChI is InChI=1S/C11H18N2O/c1-12-7-10-6-11(14-9-10)8-13-4-2-3-5-13/h6,9,12H,2-5,7-8H2,1H3. The van der Waals surface area contributed by atoms with E-state index < -0.39 is 0 Å². The second-order valence-electron chi connectivity index (χ2n) is 3.93. The molecule has 0 amide bonds. The van der Waals surface area contributed by atoms with Crippen LogP contribution in [0.1, 0.15) is 24.2 Å². The van der Waals surface area contributed by atoms with E-state index in [2.05, 4.69) is 16.3 Å². The monoisotopic (exact) mass is 194 g/mol. The molecule has 3 heteroatoms. The lowest BCUT2D eigenvalue weighted by Crippen LogP contribution is -2.17. The second-order valence-corrected chi connectivity index (χ2v) is 3.93. The molecule has 1 N–H and O–H groups in total. The van der Waals surface area contributed by atoms with Crippen LogP contribution in [0, 0.1) is 0 Å².